The number of aromatic nitrogens is 1. The van der Waals surface area contributed by atoms with Gasteiger partial charge in [0.15, 0.2) is 0 Å². The van der Waals surface area contributed by atoms with Crippen molar-refractivity contribution in [2.75, 3.05) is 26.2 Å². The minimum absolute atomic E-state index is 0.0676. The standard InChI is InChI=1S/C18H21ClFN3O2/c1-12-14(13(2)25-21-12)10-18(24)23-8-6-22(7-9-23)11-15-16(19)4-3-5-17(15)20/h3-5H,6-11H2,1-2H3. The molecular formula is C18H21ClFN3O2. The zero-order chi connectivity index (χ0) is 18.0. The fourth-order valence-corrected chi connectivity index (χ4v) is 3.30. The summed E-state index contributed by atoms with van der Waals surface area (Å²) in [5, 5.41) is 4.33. The van der Waals surface area contributed by atoms with Crippen LogP contribution in [0.15, 0.2) is 22.7 Å². The number of nitrogens with zero attached hydrogens (tertiary/aromatic N) is 3. The van der Waals surface area contributed by atoms with Gasteiger partial charge in [0.1, 0.15) is 11.6 Å². The summed E-state index contributed by atoms with van der Waals surface area (Å²) in [6.45, 7) is 6.74. The zero-order valence-electron chi connectivity index (χ0n) is 14.4. The van der Waals surface area contributed by atoms with E-state index in [0.29, 0.717) is 55.5 Å². The average molecular weight is 366 g/mol. The van der Waals surface area contributed by atoms with Gasteiger partial charge in [-0.05, 0) is 26.0 Å². The number of carbonyl (C=O) groups is 1. The third kappa shape index (κ3) is 4.02. The lowest BCUT2D eigenvalue weighted by atomic mass is 10.1. The van der Waals surface area contributed by atoms with Gasteiger partial charge in [-0.1, -0.05) is 22.8 Å². The highest BCUT2D eigenvalue weighted by Gasteiger charge is 2.24. The van der Waals surface area contributed by atoms with Gasteiger partial charge in [-0.2, -0.15) is 0 Å². The molecule has 0 N–H and O–H groups in total. The number of amides is 1. The molecule has 0 aliphatic carbocycles. The quantitative estimate of drug-likeness (QED) is 0.835. The molecule has 134 valence electrons. The van der Waals surface area contributed by atoms with Crippen LogP contribution in [-0.4, -0.2) is 47.0 Å². The van der Waals surface area contributed by atoms with Gasteiger partial charge in [0.05, 0.1) is 12.1 Å². The van der Waals surface area contributed by atoms with E-state index in [1.54, 1.807) is 12.1 Å². The fraction of sp³-hybridized carbons (Fsp3) is 0.444. The van der Waals surface area contributed by atoms with Crippen LogP contribution < -0.4 is 0 Å². The number of hydrogen-bond donors (Lipinski definition) is 0. The third-order valence-corrected chi connectivity index (χ3v) is 5.03. The number of aryl methyl sites for hydroxylation is 2. The molecule has 25 heavy (non-hydrogen) atoms. The van der Waals surface area contributed by atoms with Gasteiger partial charge >= 0.3 is 0 Å². The van der Waals surface area contributed by atoms with Gasteiger partial charge in [-0.25, -0.2) is 4.39 Å². The molecule has 0 unspecified atom stereocenters. The minimum atomic E-state index is -0.288. The van der Waals surface area contributed by atoms with E-state index >= 15 is 0 Å². The third-order valence-electron chi connectivity index (χ3n) is 4.68. The summed E-state index contributed by atoms with van der Waals surface area (Å²) in [6, 6.07) is 4.72. The summed E-state index contributed by atoms with van der Waals surface area (Å²) in [5.41, 5.74) is 2.14. The van der Waals surface area contributed by atoms with Gasteiger partial charge in [-0.3, -0.25) is 9.69 Å². The van der Waals surface area contributed by atoms with Gasteiger partial charge in [0, 0.05) is 48.9 Å². The van der Waals surface area contributed by atoms with E-state index in [1.807, 2.05) is 18.7 Å². The van der Waals surface area contributed by atoms with Gasteiger partial charge < -0.3 is 9.42 Å². The maximum atomic E-state index is 13.9. The van der Waals surface area contributed by atoms with Crippen molar-refractivity contribution < 1.29 is 13.7 Å². The van der Waals surface area contributed by atoms with Crippen molar-refractivity contribution >= 4 is 17.5 Å². The Balaban J connectivity index is 1.56. The van der Waals surface area contributed by atoms with E-state index in [9.17, 15) is 9.18 Å². The highest BCUT2D eigenvalue weighted by atomic mass is 35.5. The van der Waals surface area contributed by atoms with E-state index in [4.69, 9.17) is 16.1 Å². The summed E-state index contributed by atoms with van der Waals surface area (Å²) >= 11 is 6.09. The Morgan fingerprint density at radius 1 is 1.24 bits per heavy atom. The Labute approximate surface area is 151 Å². The molecule has 0 radical (unpaired) electrons. The van der Waals surface area contributed by atoms with E-state index in [-0.39, 0.29) is 11.7 Å². The lowest BCUT2D eigenvalue weighted by Crippen LogP contribution is -2.48. The first kappa shape index (κ1) is 17.9. The zero-order valence-corrected chi connectivity index (χ0v) is 15.1. The fourth-order valence-electron chi connectivity index (χ4n) is 3.08. The molecule has 1 fully saturated rings. The van der Waals surface area contributed by atoms with Crippen molar-refractivity contribution in [3.05, 3.63) is 51.6 Å². The minimum Gasteiger partial charge on any atom is -0.361 e. The van der Waals surface area contributed by atoms with Crippen molar-refractivity contribution in [1.29, 1.82) is 0 Å². The van der Waals surface area contributed by atoms with E-state index < -0.39 is 0 Å². The van der Waals surface area contributed by atoms with Crippen LogP contribution in [0.5, 0.6) is 0 Å². The van der Waals surface area contributed by atoms with Crippen LogP contribution in [0.25, 0.3) is 0 Å². The number of hydrogen-bond acceptors (Lipinski definition) is 4. The van der Waals surface area contributed by atoms with Crippen molar-refractivity contribution in [3.63, 3.8) is 0 Å². The molecule has 5 nitrogen and oxygen atoms in total. The van der Waals surface area contributed by atoms with Gasteiger partial charge in [-0.15, -0.1) is 0 Å². The second-order valence-corrected chi connectivity index (χ2v) is 6.74. The van der Waals surface area contributed by atoms with Gasteiger partial charge in [0.25, 0.3) is 0 Å². The number of piperazine rings is 1. The van der Waals surface area contributed by atoms with E-state index in [2.05, 4.69) is 10.1 Å². The number of rotatable bonds is 4. The molecular weight excluding hydrogens is 345 g/mol. The molecule has 1 aromatic heterocycles. The second-order valence-electron chi connectivity index (χ2n) is 6.34. The van der Waals surface area contributed by atoms with Crippen molar-refractivity contribution in [2.45, 2.75) is 26.8 Å². The Hall–Kier alpha value is -1.92. The summed E-state index contributed by atoms with van der Waals surface area (Å²) in [4.78, 5) is 16.5. The van der Waals surface area contributed by atoms with Crippen molar-refractivity contribution in [1.82, 2.24) is 15.0 Å². The van der Waals surface area contributed by atoms with E-state index in [1.165, 1.54) is 6.07 Å². The van der Waals surface area contributed by atoms with Crippen LogP contribution in [0.2, 0.25) is 5.02 Å². The number of carbonyl (C=O) groups excluding carboxylic acids is 1. The molecule has 1 amide bonds. The summed E-state index contributed by atoms with van der Waals surface area (Å²) in [7, 11) is 0. The first-order chi connectivity index (χ1) is 12.0. The molecule has 7 heteroatoms. The van der Waals surface area contributed by atoms with E-state index in [0.717, 1.165) is 11.3 Å². The number of benzene rings is 1. The van der Waals surface area contributed by atoms with Crippen LogP contribution in [-0.2, 0) is 17.8 Å². The normalized spacial score (nSPS) is 15.6. The van der Waals surface area contributed by atoms with Crippen LogP contribution in [0.1, 0.15) is 22.6 Å². The first-order valence-corrected chi connectivity index (χ1v) is 8.68. The molecule has 0 bridgehead atoms. The smallest absolute Gasteiger partial charge is 0.227 e. The predicted octanol–water partition coefficient (Wildman–Crippen LogP) is 2.97. The SMILES string of the molecule is Cc1noc(C)c1CC(=O)N1CCN(Cc2c(F)cccc2Cl)CC1. The second kappa shape index (κ2) is 7.54. The highest BCUT2D eigenvalue weighted by Crippen LogP contribution is 2.21. The molecule has 1 aliphatic rings. The molecule has 1 aromatic carbocycles. The average Bonchev–Trinajstić information content (AvgIpc) is 2.91. The van der Waals surface area contributed by atoms with Crippen molar-refractivity contribution in [2.24, 2.45) is 0 Å². The molecule has 0 saturated carbocycles. The topological polar surface area (TPSA) is 49.6 Å². The summed E-state index contributed by atoms with van der Waals surface area (Å²) in [6.07, 6.45) is 0.306. The van der Waals surface area contributed by atoms with Crippen LogP contribution in [0.4, 0.5) is 4.39 Å². The molecule has 3 rings (SSSR count). The largest absolute Gasteiger partial charge is 0.361 e. The molecule has 2 heterocycles. The van der Waals surface area contributed by atoms with Crippen molar-refractivity contribution in [3.8, 4) is 0 Å². The Kier molecular flexibility index (Phi) is 5.39. The highest BCUT2D eigenvalue weighted by molar-refractivity contribution is 6.31. The molecule has 0 atom stereocenters. The Morgan fingerprint density at radius 2 is 1.96 bits per heavy atom. The molecule has 1 saturated heterocycles. The summed E-state index contributed by atoms with van der Waals surface area (Å²) in [5.74, 6) is 0.473. The van der Waals surface area contributed by atoms with Gasteiger partial charge in [0.2, 0.25) is 5.91 Å². The van der Waals surface area contributed by atoms with Crippen LogP contribution in [0, 0.1) is 19.7 Å². The lowest BCUT2D eigenvalue weighted by molar-refractivity contribution is -0.132. The maximum absolute atomic E-state index is 13.9. The monoisotopic (exact) mass is 365 g/mol. The maximum Gasteiger partial charge on any atom is 0.227 e. The summed E-state index contributed by atoms with van der Waals surface area (Å²) < 4.78 is 19.0. The molecule has 1 aliphatic heterocycles. The first-order valence-electron chi connectivity index (χ1n) is 8.30. The molecule has 2 aromatic rings. The Morgan fingerprint density at radius 3 is 2.56 bits per heavy atom. The number of halogens is 2. The molecule has 0 spiro atoms. The Bertz CT molecular complexity index is 730. The van der Waals surface area contributed by atoms with Crippen LogP contribution >= 0.6 is 11.6 Å². The predicted molar refractivity (Wildman–Crippen MR) is 92.9 cm³/mol. The lowest BCUT2D eigenvalue weighted by Gasteiger charge is -2.35. The van der Waals surface area contributed by atoms with Crippen LogP contribution in [0.3, 0.4) is 0 Å².